The molecule has 2 aromatic carbocycles. The van der Waals surface area contributed by atoms with E-state index < -0.39 is 10.0 Å². The Bertz CT molecular complexity index is 847. The number of hydrogen-bond donors (Lipinski definition) is 3. The van der Waals surface area contributed by atoms with Gasteiger partial charge in [0.05, 0.1) is 4.90 Å². The van der Waals surface area contributed by atoms with Gasteiger partial charge in [-0.1, -0.05) is 36.4 Å². The number of sulfonamides is 1. The van der Waals surface area contributed by atoms with Crippen LogP contribution < -0.4 is 15.4 Å². The summed E-state index contributed by atoms with van der Waals surface area (Å²) in [7, 11) is -3.63. The molecule has 1 amide bonds. The maximum atomic E-state index is 12.5. The van der Waals surface area contributed by atoms with E-state index in [1.807, 2.05) is 30.3 Å². The van der Waals surface area contributed by atoms with Crippen molar-refractivity contribution in [2.45, 2.75) is 23.8 Å². The van der Waals surface area contributed by atoms with Crippen molar-refractivity contribution in [3.63, 3.8) is 0 Å². The third kappa shape index (κ3) is 4.91. The molecule has 0 spiro atoms. The van der Waals surface area contributed by atoms with Crippen LogP contribution in [0.2, 0.25) is 0 Å². The Labute approximate surface area is 154 Å². The summed E-state index contributed by atoms with van der Waals surface area (Å²) in [6.07, 6.45) is 1.49. The Balaban J connectivity index is 1.61. The molecule has 0 aromatic heterocycles. The Hall–Kier alpha value is -2.22. The van der Waals surface area contributed by atoms with E-state index in [9.17, 15) is 13.2 Å². The lowest BCUT2D eigenvalue weighted by Crippen LogP contribution is -2.36. The second kappa shape index (κ2) is 8.44. The van der Waals surface area contributed by atoms with Crippen LogP contribution in [-0.4, -0.2) is 40.0 Å². The van der Waals surface area contributed by atoms with E-state index in [-0.39, 0.29) is 16.8 Å². The van der Waals surface area contributed by atoms with E-state index in [2.05, 4.69) is 15.4 Å². The number of rotatable bonds is 7. The van der Waals surface area contributed by atoms with Crippen LogP contribution in [0.5, 0.6) is 0 Å². The number of carbonyl (C=O) groups is 1. The minimum absolute atomic E-state index is 0.108. The minimum Gasteiger partial charge on any atom is -0.352 e. The molecule has 3 N–H and O–H groups in total. The Morgan fingerprint density at radius 2 is 1.92 bits per heavy atom. The summed E-state index contributed by atoms with van der Waals surface area (Å²) in [5.41, 5.74) is 1.48. The van der Waals surface area contributed by atoms with E-state index in [0.717, 1.165) is 24.9 Å². The predicted molar refractivity (Wildman–Crippen MR) is 101 cm³/mol. The summed E-state index contributed by atoms with van der Waals surface area (Å²) in [5, 5.41) is 5.96. The molecule has 1 fully saturated rings. The first kappa shape index (κ1) is 18.6. The fourth-order valence-electron chi connectivity index (χ4n) is 2.91. The molecule has 1 aliphatic rings. The first-order valence-electron chi connectivity index (χ1n) is 8.70. The topological polar surface area (TPSA) is 87.3 Å². The van der Waals surface area contributed by atoms with Gasteiger partial charge in [0, 0.05) is 24.7 Å². The molecule has 138 valence electrons. The molecule has 3 rings (SSSR count). The quantitative estimate of drug-likeness (QED) is 0.683. The molecule has 0 bridgehead atoms. The van der Waals surface area contributed by atoms with Crippen molar-refractivity contribution in [3.05, 3.63) is 65.7 Å². The van der Waals surface area contributed by atoms with Crippen molar-refractivity contribution in [2.75, 3.05) is 19.6 Å². The highest BCUT2D eigenvalue weighted by atomic mass is 32.2. The SMILES string of the molecule is O=C(NCCc1ccccc1)c1cccc(S(=O)(=O)NC2CCNC2)c1. The van der Waals surface area contributed by atoms with Gasteiger partial charge in [-0.15, -0.1) is 0 Å². The molecule has 1 aliphatic heterocycles. The van der Waals surface area contributed by atoms with Crippen molar-refractivity contribution in [1.82, 2.24) is 15.4 Å². The normalized spacial score (nSPS) is 17.2. The van der Waals surface area contributed by atoms with Crippen LogP contribution in [0.25, 0.3) is 0 Å². The summed E-state index contributed by atoms with van der Waals surface area (Å²) >= 11 is 0. The van der Waals surface area contributed by atoms with Crippen LogP contribution in [0.3, 0.4) is 0 Å². The average Bonchev–Trinajstić information content (AvgIpc) is 3.15. The molecular formula is C19H23N3O3S. The highest BCUT2D eigenvalue weighted by molar-refractivity contribution is 7.89. The highest BCUT2D eigenvalue weighted by Crippen LogP contribution is 2.13. The van der Waals surface area contributed by atoms with Crippen LogP contribution >= 0.6 is 0 Å². The van der Waals surface area contributed by atoms with E-state index in [4.69, 9.17) is 0 Å². The molecule has 7 heteroatoms. The number of amides is 1. The number of nitrogens with one attached hydrogen (secondary N) is 3. The fourth-order valence-corrected chi connectivity index (χ4v) is 4.23. The monoisotopic (exact) mass is 373 g/mol. The van der Waals surface area contributed by atoms with Gasteiger partial charge < -0.3 is 10.6 Å². The number of hydrogen-bond acceptors (Lipinski definition) is 4. The largest absolute Gasteiger partial charge is 0.352 e. The zero-order valence-corrected chi connectivity index (χ0v) is 15.3. The van der Waals surface area contributed by atoms with Crippen LogP contribution in [0.15, 0.2) is 59.5 Å². The second-order valence-electron chi connectivity index (χ2n) is 6.33. The highest BCUT2D eigenvalue weighted by Gasteiger charge is 2.23. The molecule has 0 radical (unpaired) electrons. The third-order valence-corrected chi connectivity index (χ3v) is 5.85. The molecule has 1 heterocycles. The Morgan fingerprint density at radius 3 is 2.65 bits per heavy atom. The Kier molecular flexibility index (Phi) is 6.03. The van der Waals surface area contributed by atoms with Gasteiger partial charge in [0.1, 0.15) is 0 Å². The van der Waals surface area contributed by atoms with E-state index in [1.165, 1.54) is 12.1 Å². The minimum atomic E-state index is -3.63. The molecule has 26 heavy (non-hydrogen) atoms. The molecule has 1 saturated heterocycles. The van der Waals surface area contributed by atoms with Gasteiger partial charge in [0.25, 0.3) is 5.91 Å². The molecular weight excluding hydrogens is 350 g/mol. The summed E-state index contributed by atoms with van der Waals surface area (Å²) in [6.45, 7) is 1.92. The molecule has 0 aliphatic carbocycles. The summed E-state index contributed by atoms with van der Waals surface area (Å²) < 4.78 is 27.7. The summed E-state index contributed by atoms with van der Waals surface area (Å²) in [4.78, 5) is 12.4. The first-order valence-corrected chi connectivity index (χ1v) is 10.2. The molecule has 0 saturated carbocycles. The maximum Gasteiger partial charge on any atom is 0.251 e. The van der Waals surface area contributed by atoms with Gasteiger partial charge in [-0.05, 0) is 43.1 Å². The van der Waals surface area contributed by atoms with Crippen LogP contribution in [-0.2, 0) is 16.4 Å². The molecule has 1 unspecified atom stereocenters. The van der Waals surface area contributed by atoms with Gasteiger partial charge in [0.2, 0.25) is 10.0 Å². The smallest absolute Gasteiger partial charge is 0.251 e. The fraction of sp³-hybridized carbons (Fsp3) is 0.316. The predicted octanol–water partition coefficient (Wildman–Crippen LogP) is 1.30. The lowest BCUT2D eigenvalue weighted by molar-refractivity contribution is 0.0954. The standard InChI is InChI=1S/C19H23N3O3S/c23-19(21-12-9-15-5-2-1-3-6-15)16-7-4-8-18(13-16)26(24,25)22-17-10-11-20-14-17/h1-8,13,17,20,22H,9-12,14H2,(H,21,23). The lowest BCUT2D eigenvalue weighted by atomic mass is 10.1. The average molecular weight is 373 g/mol. The molecule has 6 nitrogen and oxygen atoms in total. The van der Waals surface area contributed by atoms with Gasteiger partial charge in [0.15, 0.2) is 0 Å². The third-order valence-electron chi connectivity index (χ3n) is 4.33. The Morgan fingerprint density at radius 1 is 1.12 bits per heavy atom. The molecule has 1 atom stereocenters. The van der Waals surface area contributed by atoms with Crippen LogP contribution in [0.1, 0.15) is 22.3 Å². The van der Waals surface area contributed by atoms with Crippen molar-refractivity contribution in [2.24, 2.45) is 0 Å². The lowest BCUT2D eigenvalue weighted by Gasteiger charge is -2.13. The van der Waals surface area contributed by atoms with Crippen molar-refractivity contribution in [1.29, 1.82) is 0 Å². The number of carbonyl (C=O) groups excluding carboxylic acids is 1. The van der Waals surface area contributed by atoms with Gasteiger partial charge in [-0.2, -0.15) is 0 Å². The zero-order chi connectivity index (χ0) is 18.4. The van der Waals surface area contributed by atoms with Gasteiger partial charge in [-0.3, -0.25) is 4.79 Å². The van der Waals surface area contributed by atoms with Crippen LogP contribution in [0, 0.1) is 0 Å². The van der Waals surface area contributed by atoms with Crippen molar-refractivity contribution in [3.8, 4) is 0 Å². The van der Waals surface area contributed by atoms with Crippen molar-refractivity contribution < 1.29 is 13.2 Å². The van der Waals surface area contributed by atoms with E-state index in [1.54, 1.807) is 12.1 Å². The van der Waals surface area contributed by atoms with Crippen molar-refractivity contribution >= 4 is 15.9 Å². The van der Waals surface area contributed by atoms with Crippen LogP contribution in [0.4, 0.5) is 0 Å². The summed E-state index contributed by atoms with van der Waals surface area (Å²) in [6, 6.07) is 15.9. The second-order valence-corrected chi connectivity index (χ2v) is 8.04. The van der Waals surface area contributed by atoms with E-state index >= 15 is 0 Å². The van der Waals surface area contributed by atoms with E-state index in [0.29, 0.717) is 18.7 Å². The summed E-state index contributed by atoms with van der Waals surface area (Å²) in [5.74, 6) is -0.277. The molecule has 2 aromatic rings. The zero-order valence-electron chi connectivity index (χ0n) is 14.4. The first-order chi connectivity index (χ1) is 12.5. The van der Waals surface area contributed by atoms with Gasteiger partial charge in [-0.25, -0.2) is 13.1 Å². The number of benzene rings is 2. The maximum absolute atomic E-state index is 12.5. The van der Waals surface area contributed by atoms with Gasteiger partial charge >= 0.3 is 0 Å².